The molecule has 0 fully saturated rings. The molecule has 1 heterocycles. The lowest BCUT2D eigenvalue weighted by atomic mass is 10.3. The van der Waals surface area contributed by atoms with E-state index in [2.05, 4.69) is 5.32 Å². The number of hydrogen-bond donors (Lipinski definition) is 2. The average molecular weight is 314 g/mol. The van der Waals surface area contributed by atoms with Gasteiger partial charge in [0.15, 0.2) is 11.6 Å². The lowest BCUT2D eigenvalue weighted by Crippen LogP contribution is -2.10. The van der Waals surface area contributed by atoms with Crippen LogP contribution in [0.15, 0.2) is 39.8 Å². The first-order valence-corrected chi connectivity index (χ1v) is 7.72. The number of halogens is 1. The maximum Gasteiger partial charge on any atom is 0.271 e. The summed E-state index contributed by atoms with van der Waals surface area (Å²) in [4.78, 5) is 0. The highest BCUT2D eigenvalue weighted by atomic mass is 32.2. The molecule has 0 aliphatic carbocycles. The molecular weight excluding hydrogens is 299 g/mol. The molecule has 8 heteroatoms. The third-order valence-corrected chi connectivity index (χ3v) is 3.40. The molecule has 0 atom stereocenters. The fourth-order valence-corrected chi connectivity index (χ4v) is 2.16. The quantitative estimate of drug-likeness (QED) is 0.851. The summed E-state index contributed by atoms with van der Waals surface area (Å²) in [6.45, 7) is 2.35. The van der Waals surface area contributed by atoms with Crippen molar-refractivity contribution in [2.45, 2.75) is 18.6 Å². The Morgan fingerprint density at radius 2 is 2.10 bits per heavy atom. The van der Waals surface area contributed by atoms with E-state index in [4.69, 9.17) is 14.3 Å². The lowest BCUT2D eigenvalue weighted by Gasteiger charge is -2.08. The highest BCUT2D eigenvalue weighted by Crippen LogP contribution is 2.22. The van der Waals surface area contributed by atoms with E-state index in [1.54, 1.807) is 13.0 Å². The molecule has 1 aromatic heterocycles. The molecular formula is C13H15FN2O4S. The van der Waals surface area contributed by atoms with Gasteiger partial charge in [-0.15, -0.1) is 0 Å². The highest BCUT2D eigenvalue weighted by Gasteiger charge is 2.13. The van der Waals surface area contributed by atoms with E-state index >= 15 is 0 Å². The number of benzene rings is 1. The second-order valence-corrected chi connectivity index (χ2v) is 5.69. The molecule has 114 valence electrons. The summed E-state index contributed by atoms with van der Waals surface area (Å²) in [6.07, 6.45) is 0. The smallest absolute Gasteiger partial charge is 0.271 e. The number of nitrogens with two attached hydrogens (primary N) is 1. The van der Waals surface area contributed by atoms with Crippen molar-refractivity contribution in [3.05, 3.63) is 41.9 Å². The monoisotopic (exact) mass is 314 g/mol. The summed E-state index contributed by atoms with van der Waals surface area (Å²) in [7, 11) is -3.85. The van der Waals surface area contributed by atoms with E-state index in [1.165, 1.54) is 24.3 Å². The number of anilines is 1. The van der Waals surface area contributed by atoms with E-state index in [0.717, 1.165) is 0 Å². The van der Waals surface area contributed by atoms with E-state index in [1.807, 2.05) is 0 Å². The minimum Gasteiger partial charge on any atom is -0.491 e. The third kappa shape index (κ3) is 3.96. The Kier molecular flexibility index (Phi) is 4.49. The molecule has 6 nitrogen and oxygen atoms in total. The van der Waals surface area contributed by atoms with Gasteiger partial charge >= 0.3 is 0 Å². The van der Waals surface area contributed by atoms with Crippen LogP contribution in [0.1, 0.15) is 12.7 Å². The zero-order valence-electron chi connectivity index (χ0n) is 11.3. The average Bonchev–Trinajstić information content (AvgIpc) is 2.88. The van der Waals surface area contributed by atoms with Crippen molar-refractivity contribution in [3.8, 4) is 5.75 Å². The molecule has 1 aromatic carbocycles. The number of nitrogens with one attached hydrogen (secondary N) is 1. The van der Waals surface area contributed by atoms with Crippen LogP contribution in [0.5, 0.6) is 5.75 Å². The van der Waals surface area contributed by atoms with Crippen LogP contribution in [0.2, 0.25) is 0 Å². The van der Waals surface area contributed by atoms with Gasteiger partial charge in [-0.2, -0.15) is 0 Å². The normalized spacial score (nSPS) is 11.4. The summed E-state index contributed by atoms with van der Waals surface area (Å²) >= 11 is 0. The van der Waals surface area contributed by atoms with E-state index < -0.39 is 15.8 Å². The van der Waals surface area contributed by atoms with Crippen LogP contribution in [0.3, 0.4) is 0 Å². The first kappa shape index (κ1) is 15.3. The molecule has 0 radical (unpaired) electrons. The van der Waals surface area contributed by atoms with Gasteiger partial charge in [0.05, 0.1) is 13.2 Å². The molecule has 0 spiro atoms. The Morgan fingerprint density at radius 1 is 1.33 bits per heavy atom. The van der Waals surface area contributed by atoms with Gasteiger partial charge in [-0.1, -0.05) is 0 Å². The van der Waals surface area contributed by atoms with E-state index in [9.17, 15) is 12.8 Å². The van der Waals surface area contributed by atoms with Crippen LogP contribution >= 0.6 is 0 Å². The third-order valence-electron chi connectivity index (χ3n) is 2.62. The molecule has 0 saturated carbocycles. The molecule has 0 aliphatic heterocycles. The molecule has 0 aliphatic rings. The largest absolute Gasteiger partial charge is 0.491 e. The van der Waals surface area contributed by atoms with Crippen molar-refractivity contribution in [1.29, 1.82) is 0 Å². The van der Waals surface area contributed by atoms with Crippen molar-refractivity contribution >= 4 is 15.7 Å². The second kappa shape index (κ2) is 6.15. The van der Waals surface area contributed by atoms with Crippen LogP contribution in [0.4, 0.5) is 10.1 Å². The standard InChI is InChI=1S/C13H15FN2O4S/c1-2-19-12-5-3-9(7-11(12)14)16-8-10-4-6-13(20-10)21(15,17)18/h3-7,16H,2,8H2,1H3,(H2,15,17,18). The van der Waals surface area contributed by atoms with Crippen LogP contribution in [0, 0.1) is 5.82 Å². The Balaban J connectivity index is 2.03. The van der Waals surface area contributed by atoms with Crippen molar-refractivity contribution in [3.63, 3.8) is 0 Å². The maximum atomic E-state index is 13.6. The summed E-state index contributed by atoms with van der Waals surface area (Å²) in [5.74, 6) is 0.0670. The number of sulfonamides is 1. The minimum atomic E-state index is -3.85. The number of primary sulfonamides is 1. The molecule has 3 N–H and O–H groups in total. The maximum absolute atomic E-state index is 13.6. The first-order chi connectivity index (χ1) is 9.90. The summed E-state index contributed by atoms with van der Waals surface area (Å²) < 4.78 is 45.9. The van der Waals surface area contributed by atoms with Gasteiger partial charge in [0, 0.05) is 11.8 Å². The highest BCUT2D eigenvalue weighted by molar-refractivity contribution is 7.89. The van der Waals surface area contributed by atoms with Crippen LogP contribution < -0.4 is 15.2 Å². The SMILES string of the molecule is CCOc1ccc(NCc2ccc(S(N)(=O)=O)o2)cc1F. The van der Waals surface area contributed by atoms with Gasteiger partial charge in [0.2, 0.25) is 5.09 Å². The van der Waals surface area contributed by atoms with E-state index in [0.29, 0.717) is 18.1 Å². The number of ether oxygens (including phenoxy) is 1. The molecule has 0 bridgehead atoms. The topological polar surface area (TPSA) is 94.6 Å². The van der Waals surface area contributed by atoms with Crippen molar-refractivity contribution in [1.82, 2.24) is 0 Å². The zero-order chi connectivity index (χ0) is 15.5. The number of rotatable bonds is 6. The number of hydrogen-bond acceptors (Lipinski definition) is 5. The number of furan rings is 1. The predicted octanol–water partition coefficient (Wildman–Crippen LogP) is 2.08. The van der Waals surface area contributed by atoms with E-state index in [-0.39, 0.29) is 17.4 Å². The summed E-state index contributed by atoms with van der Waals surface area (Å²) in [6, 6.07) is 7.20. The molecule has 0 unspecified atom stereocenters. The van der Waals surface area contributed by atoms with Crippen molar-refractivity contribution in [2.75, 3.05) is 11.9 Å². The molecule has 21 heavy (non-hydrogen) atoms. The van der Waals surface area contributed by atoms with Gasteiger partial charge in [-0.25, -0.2) is 17.9 Å². The van der Waals surface area contributed by atoms with Gasteiger partial charge in [-0.05, 0) is 31.2 Å². The molecule has 0 saturated heterocycles. The Bertz CT molecular complexity index is 728. The predicted molar refractivity (Wildman–Crippen MR) is 75.0 cm³/mol. The Labute approximate surface area is 121 Å². The van der Waals surface area contributed by atoms with Gasteiger partial charge in [0.25, 0.3) is 10.0 Å². The van der Waals surface area contributed by atoms with Crippen molar-refractivity contribution < 1.29 is 22.0 Å². The first-order valence-electron chi connectivity index (χ1n) is 6.18. The van der Waals surface area contributed by atoms with Gasteiger partial charge in [-0.3, -0.25) is 0 Å². The molecule has 0 amide bonds. The Hall–Kier alpha value is -2.06. The molecule has 2 aromatic rings. The fraction of sp³-hybridized carbons (Fsp3) is 0.231. The summed E-state index contributed by atoms with van der Waals surface area (Å²) in [5.41, 5.74) is 0.518. The van der Waals surface area contributed by atoms with Crippen molar-refractivity contribution in [2.24, 2.45) is 5.14 Å². The van der Waals surface area contributed by atoms with Gasteiger partial charge < -0.3 is 14.5 Å². The second-order valence-electron chi connectivity index (χ2n) is 4.20. The van der Waals surface area contributed by atoms with Crippen LogP contribution in [-0.2, 0) is 16.6 Å². The zero-order valence-corrected chi connectivity index (χ0v) is 12.1. The lowest BCUT2D eigenvalue weighted by molar-refractivity contribution is 0.321. The van der Waals surface area contributed by atoms with Crippen LogP contribution in [0.25, 0.3) is 0 Å². The van der Waals surface area contributed by atoms with Crippen LogP contribution in [-0.4, -0.2) is 15.0 Å². The Morgan fingerprint density at radius 3 is 2.67 bits per heavy atom. The fourth-order valence-electron chi connectivity index (χ4n) is 1.68. The summed E-state index contributed by atoms with van der Waals surface area (Å²) in [5, 5.41) is 7.54. The minimum absolute atomic E-state index is 0.178. The van der Waals surface area contributed by atoms with Gasteiger partial charge in [0.1, 0.15) is 5.76 Å². The molecule has 2 rings (SSSR count).